The number of nitrogens with zero attached hydrogens (tertiary/aromatic N) is 1. The van der Waals surface area contributed by atoms with Crippen LogP contribution >= 0.6 is 11.3 Å². The minimum absolute atomic E-state index is 0.412. The molecule has 0 atom stereocenters. The van der Waals surface area contributed by atoms with E-state index in [1.165, 1.54) is 23.3 Å². The Balaban J connectivity index is 1.82. The Labute approximate surface area is 128 Å². The molecule has 0 bridgehead atoms. The highest BCUT2D eigenvalue weighted by atomic mass is 32.2. The number of anilines is 1. The Hall–Kier alpha value is -1.37. The highest BCUT2D eigenvalue weighted by Gasteiger charge is 2.13. The molecule has 21 heavy (non-hydrogen) atoms. The van der Waals surface area contributed by atoms with Crippen molar-refractivity contribution in [3.63, 3.8) is 0 Å². The first kappa shape index (κ1) is 14.6. The first-order valence-electron chi connectivity index (χ1n) is 6.77. The molecule has 0 amide bonds. The summed E-state index contributed by atoms with van der Waals surface area (Å²) in [5.74, 6) is 0. The molecule has 0 unspecified atom stereocenters. The van der Waals surface area contributed by atoms with E-state index in [0.717, 1.165) is 36.7 Å². The monoisotopic (exact) mass is 323 g/mol. The lowest BCUT2D eigenvalue weighted by Crippen LogP contribution is -2.36. The van der Waals surface area contributed by atoms with Crippen LogP contribution in [-0.2, 0) is 14.6 Å². The zero-order chi connectivity index (χ0) is 14.9. The first-order chi connectivity index (χ1) is 10.0. The van der Waals surface area contributed by atoms with E-state index in [-0.39, 0.29) is 0 Å². The van der Waals surface area contributed by atoms with Crippen LogP contribution in [0.25, 0.3) is 10.4 Å². The van der Waals surface area contributed by atoms with Gasteiger partial charge in [0.25, 0.3) is 0 Å². The molecule has 4 nitrogen and oxygen atoms in total. The molecule has 1 saturated heterocycles. The fourth-order valence-electron chi connectivity index (χ4n) is 2.33. The van der Waals surface area contributed by atoms with Crippen molar-refractivity contribution in [2.24, 2.45) is 0 Å². The van der Waals surface area contributed by atoms with E-state index in [9.17, 15) is 8.42 Å². The van der Waals surface area contributed by atoms with Gasteiger partial charge in [0, 0.05) is 29.9 Å². The zero-order valence-electron chi connectivity index (χ0n) is 11.8. The van der Waals surface area contributed by atoms with Crippen LogP contribution in [0.4, 0.5) is 5.69 Å². The van der Waals surface area contributed by atoms with E-state index in [2.05, 4.69) is 17.0 Å². The quantitative estimate of drug-likeness (QED) is 0.871. The standard InChI is InChI=1S/C15H17NO3S2/c1-21(17,18)15-7-6-14(20-15)12-2-4-13(5-3-12)16-8-10-19-11-9-16/h2-7H,8-11H2,1H3. The number of morpholine rings is 1. The number of rotatable bonds is 3. The third kappa shape index (κ3) is 3.28. The molecule has 6 heteroatoms. The topological polar surface area (TPSA) is 46.6 Å². The van der Waals surface area contributed by atoms with Crippen LogP contribution in [0.1, 0.15) is 0 Å². The van der Waals surface area contributed by atoms with Crippen molar-refractivity contribution in [1.82, 2.24) is 0 Å². The van der Waals surface area contributed by atoms with Gasteiger partial charge in [0.2, 0.25) is 0 Å². The largest absolute Gasteiger partial charge is 0.378 e. The van der Waals surface area contributed by atoms with Crippen LogP contribution in [0.5, 0.6) is 0 Å². The molecular weight excluding hydrogens is 306 g/mol. The maximum atomic E-state index is 11.5. The SMILES string of the molecule is CS(=O)(=O)c1ccc(-c2ccc(N3CCOCC3)cc2)s1. The Morgan fingerprint density at radius 3 is 2.29 bits per heavy atom. The fraction of sp³-hybridized carbons (Fsp3) is 0.333. The number of sulfone groups is 1. The Morgan fingerprint density at radius 2 is 1.71 bits per heavy atom. The van der Waals surface area contributed by atoms with Gasteiger partial charge in [-0.25, -0.2) is 8.42 Å². The molecule has 0 saturated carbocycles. The van der Waals surface area contributed by atoms with Crippen molar-refractivity contribution in [1.29, 1.82) is 0 Å². The average Bonchev–Trinajstić information content (AvgIpc) is 2.98. The smallest absolute Gasteiger partial charge is 0.184 e. The molecule has 1 aromatic carbocycles. The van der Waals surface area contributed by atoms with Crippen molar-refractivity contribution >= 4 is 26.9 Å². The summed E-state index contributed by atoms with van der Waals surface area (Å²) in [4.78, 5) is 3.27. The minimum Gasteiger partial charge on any atom is -0.378 e. The molecule has 112 valence electrons. The van der Waals surface area contributed by atoms with Crippen molar-refractivity contribution in [3.05, 3.63) is 36.4 Å². The lowest BCUT2D eigenvalue weighted by Gasteiger charge is -2.28. The molecule has 0 radical (unpaired) electrons. The maximum Gasteiger partial charge on any atom is 0.184 e. The van der Waals surface area contributed by atoms with Crippen molar-refractivity contribution in [2.75, 3.05) is 37.5 Å². The van der Waals surface area contributed by atoms with Crippen LogP contribution in [0.15, 0.2) is 40.6 Å². The van der Waals surface area contributed by atoms with E-state index < -0.39 is 9.84 Å². The van der Waals surface area contributed by atoms with Gasteiger partial charge in [0.1, 0.15) is 4.21 Å². The van der Waals surface area contributed by atoms with Gasteiger partial charge in [-0.1, -0.05) is 12.1 Å². The van der Waals surface area contributed by atoms with Crippen LogP contribution in [0.3, 0.4) is 0 Å². The summed E-state index contributed by atoms with van der Waals surface area (Å²) in [6.45, 7) is 3.36. The highest BCUT2D eigenvalue weighted by molar-refractivity contribution is 7.92. The van der Waals surface area contributed by atoms with Gasteiger partial charge in [-0.05, 0) is 29.8 Å². The van der Waals surface area contributed by atoms with Crippen LogP contribution in [0.2, 0.25) is 0 Å². The van der Waals surface area contributed by atoms with Crippen LogP contribution in [-0.4, -0.2) is 41.0 Å². The van der Waals surface area contributed by atoms with Crippen molar-refractivity contribution in [3.8, 4) is 10.4 Å². The van der Waals surface area contributed by atoms with E-state index in [4.69, 9.17) is 4.74 Å². The summed E-state index contributed by atoms with van der Waals surface area (Å²) in [5, 5.41) is 0. The predicted octanol–water partition coefficient (Wildman–Crippen LogP) is 2.66. The second kappa shape index (κ2) is 5.79. The Bertz CT molecular complexity index is 714. The van der Waals surface area contributed by atoms with E-state index in [0.29, 0.717) is 4.21 Å². The van der Waals surface area contributed by atoms with Crippen molar-refractivity contribution in [2.45, 2.75) is 4.21 Å². The molecule has 3 rings (SSSR count). The van der Waals surface area contributed by atoms with E-state index in [1.807, 2.05) is 18.2 Å². The normalized spacial score (nSPS) is 16.1. The van der Waals surface area contributed by atoms with Gasteiger partial charge in [0.05, 0.1) is 13.2 Å². The number of hydrogen-bond donors (Lipinski definition) is 0. The maximum absolute atomic E-state index is 11.5. The Kier molecular flexibility index (Phi) is 4.01. The lowest BCUT2D eigenvalue weighted by molar-refractivity contribution is 0.122. The first-order valence-corrected chi connectivity index (χ1v) is 9.48. The third-order valence-corrected chi connectivity index (χ3v) is 6.43. The molecule has 2 aromatic rings. The molecule has 0 N–H and O–H groups in total. The summed E-state index contributed by atoms with van der Waals surface area (Å²) >= 11 is 1.31. The fourth-order valence-corrected chi connectivity index (χ4v) is 4.27. The van der Waals surface area contributed by atoms with Gasteiger partial charge in [-0.15, -0.1) is 11.3 Å². The number of benzene rings is 1. The minimum atomic E-state index is -3.12. The van der Waals surface area contributed by atoms with Crippen LogP contribution in [0, 0.1) is 0 Å². The molecule has 0 aliphatic carbocycles. The molecule has 1 aliphatic rings. The molecule has 0 spiro atoms. The van der Waals surface area contributed by atoms with Gasteiger partial charge in [0.15, 0.2) is 9.84 Å². The molecule has 1 aliphatic heterocycles. The van der Waals surface area contributed by atoms with E-state index >= 15 is 0 Å². The summed E-state index contributed by atoms with van der Waals surface area (Å²) < 4.78 is 28.8. The van der Waals surface area contributed by atoms with Crippen molar-refractivity contribution < 1.29 is 13.2 Å². The Morgan fingerprint density at radius 1 is 1.05 bits per heavy atom. The van der Waals surface area contributed by atoms with Crippen LogP contribution < -0.4 is 4.90 Å². The number of thiophene rings is 1. The van der Waals surface area contributed by atoms with E-state index in [1.54, 1.807) is 6.07 Å². The van der Waals surface area contributed by atoms with Gasteiger partial charge < -0.3 is 9.64 Å². The van der Waals surface area contributed by atoms with Gasteiger partial charge in [-0.3, -0.25) is 0 Å². The second-order valence-corrected chi connectivity index (χ2v) is 8.36. The summed E-state index contributed by atoms with van der Waals surface area (Å²) in [6.07, 6.45) is 1.24. The average molecular weight is 323 g/mol. The summed E-state index contributed by atoms with van der Waals surface area (Å²) in [5.41, 5.74) is 2.23. The number of ether oxygens (including phenoxy) is 1. The van der Waals surface area contributed by atoms with Gasteiger partial charge >= 0.3 is 0 Å². The van der Waals surface area contributed by atoms with Gasteiger partial charge in [-0.2, -0.15) is 0 Å². The lowest BCUT2D eigenvalue weighted by atomic mass is 10.1. The molecular formula is C15H17NO3S2. The zero-order valence-corrected chi connectivity index (χ0v) is 13.4. The summed E-state index contributed by atoms with van der Waals surface area (Å²) in [6, 6.07) is 11.8. The second-order valence-electron chi connectivity index (χ2n) is 5.04. The molecule has 2 heterocycles. The highest BCUT2D eigenvalue weighted by Crippen LogP contribution is 2.31. The summed E-state index contributed by atoms with van der Waals surface area (Å²) in [7, 11) is -3.12. The molecule has 1 fully saturated rings. The predicted molar refractivity (Wildman–Crippen MR) is 85.9 cm³/mol. The number of hydrogen-bond acceptors (Lipinski definition) is 5. The molecule has 1 aromatic heterocycles. The third-order valence-electron chi connectivity index (χ3n) is 3.47.